The summed E-state index contributed by atoms with van der Waals surface area (Å²) in [5.74, 6) is -0.492. The Balaban J connectivity index is 1.41. The molecule has 0 radical (unpaired) electrons. The summed E-state index contributed by atoms with van der Waals surface area (Å²) in [5, 5.41) is 13.3. The monoisotopic (exact) mass is 493 g/mol. The third-order valence-corrected chi connectivity index (χ3v) is 6.61. The summed E-state index contributed by atoms with van der Waals surface area (Å²) >= 11 is 7.95. The van der Waals surface area contributed by atoms with Crippen molar-refractivity contribution in [2.45, 2.75) is 33.7 Å². The minimum absolute atomic E-state index is 0.236. The smallest absolute Gasteiger partial charge is 0.255 e. The molecule has 2 aromatic carbocycles. The van der Waals surface area contributed by atoms with Crippen LogP contribution in [-0.2, 0) is 4.79 Å². The molecule has 0 aliphatic heterocycles. The van der Waals surface area contributed by atoms with E-state index in [4.69, 9.17) is 11.6 Å². The predicted octanol–water partition coefficient (Wildman–Crippen LogP) is 6.04. The average Bonchev–Trinajstić information content (AvgIpc) is 3.39. The second-order valence-corrected chi connectivity index (χ2v) is 9.32. The van der Waals surface area contributed by atoms with Crippen molar-refractivity contribution in [3.8, 4) is 10.6 Å². The van der Waals surface area contributed by atoms with Crippen molar-refractivity contribution < 1.29 is 9.59 Å². The van der Waals surface area contributed by atoms with Crippen LogP contribution in [-0.4, -0.2) is 26.6 Å². The van der Waals surface area contributed by atoms with Crippen LogP contribution in [0.3, 0.4) is 0 Å². The molecule has 0 aliphatic carbocycles. The Hall–Kier alpha value is -3.49. The van der Waals surface area contributed by atoms with Crippen LogP contribution in [0.1, 0.15) is 40.4 Å². The molecular formula is C25H24ClN5O2S. The van der Waals surface area contributed by atoms with Gasteiger partial charge in [-0.15, -0.1) is 11.3 Å². The molecule has 0 saturated carbocycles. The Bertz CT molecular complexity index is 1360. The fraction of sp³-hybridized carbons (Fsp3) is 0.200. The third-order valence-electron chi connectivity index (χ3n) is 5.29. The number of aryl methyl sites for hydroxylation is 3. The van der Waals surface area contributed by atoms with E-state index in [1.807, 2.05) is 44.4 Å². The summed E-state index contributed by atoms with van der Waals surface area (Å²) < 4.78 is 1.67. The van der Waals surface area contributed by atoms with Gasteiger partial charge >= 0.3 is 0 Å². The standard InChI is InChI=1S/C25H24ClN5O2S/c1-14-11-16(3)31(30-14)17(4)23(32)29-22-10-9-20(12-21(22)26)28-24(33)18-5-7-19(8-6-18)25-27-15(2)13-34-25/h5-13,17H,1-4H3,(H,28,33)(H,29,32). The number of nitrogens with zero attached hydrogens (tertiary/aromatic N) is 3. The van der Waals surface area contributed by atoms with E-state index in [0.717, 1.165) is 27.7 Å². The van der Waals surface area contributed by atoms with Crippen molar-refractivity contribution >= 4 is 46.1 Å². The van der Waals surface area contributed by atoms with Crippen LogP contribution in [0.4, 0.5) is 11.4 Å². The van der Waals surface area contributed by atoms with Crippen LogP contribution in [0, 0.1) is 20.8 Å². The fourth-order valence-electron chi connectivity index (χ4n) is 3.53. The molecule has 0 spiro atoms. The molecule has 34 heavy (non-hydrogen) atoms. The van der Waals surface area contributed by atoms with E-state index in [-0.39, 0.29) is 11.8 Å². The topological polar surface area (TPSA) is 88.9 Å². The SMILES string of the molecule is Cc1csc(-c2ccc(C(=O)Nc3ccc(NC(=O)C(C)n4nc(C)cc4C)c(Cl)c3)cc2)n1. The lowest BCUT2D eigenvalue weighted by atomic mass is 10.1. The van der Waals surface area contributed by atoms with Gasteiger partial charge in [0.1, 0.15) is 11.0 Å². The van der Waals surface area contributed by atoms with E-state index in [0.29, 0.717) is 22.0 Å². The summed E-state index contributed by atoms with van der Waals surface area (Å²) in [6.45, 7) is 7.51. The number of hydrogen-bond acceptors (Lipinski definition) is 5. The lowest BCUT2D eigenvalue weighted by molar-refractivity contribution is -0.119. The first-order valence-electron chi connectivity index (χ1n) is 10.7. The Kier molecular flexibility index (Phi) is 6.81. The van der Waals surface area contributed by atoms with Crippen molar-refractivity contribution in [2.75, 3.05) is 10.6 Å². The van der Waals surface area contributed by atoms with Gasteiger partial charge in [-0.3, -0.25) is 14.3 Å². The highest BCUT2D eigenvalue weighted by Gasteiger charge is 2.19. The summed E-state index contributed by atoms with van der Waals surface area (Å²) in [7, 11) is 0. The number of hydrogen-bond donors (Lipinski definition) is 2. The largest absolute Gasteiger partial charge is 0.323 e. The average molecular weight is 494 g/mol. The van der Waals surface area contributed by atoms with Gasteiger partial charge in [0, 0.05) is 33.6 Å². The highest BCUT2D eigenvalue weighted by atomic mass is 35.5. The molecule has 4 aromatic rings. The molecule has 1 atom stereocenters. The zero-order chi connectivity index (χ0) is 24.4. The van der Waals surface area contributed by atoms with Gasteiger partial charge in [0.2, 0.25) is 5.91 Å². The van der Waals surface area contributed by atoms with E-state index in [2.05, 4.69) is 20.7 Å². The van der Waals surface area contributed by atoms with E-state index in [1.54, 1.807) is 53.3 Å². The first-order chi connectivity index (χ1) is 16.2. The van der Waals surface area contributed by atoms with Gasteiger partial charge in [0.05, 0.1) is 16.4 Å². The number of benzene rings is 2. The van der Waals surface area contributed by atoms with Gasteiger partial charge in [-0.1, -0.05) is 23.7 Å². The zero-order valence-electron chi connectivity index (χ0n) is 19.2. The molecule has 7 nitrogen and oxygen atoms in total. The minimum atomic E-state index is -0.500. The van der Waals surface area contributed by atoms with Crippen LogP contribution >= 0.6 is 22.9 Å². The lowest BCUT2D eigenvalue weighted by Gasteiger charge is -2.16. The lowest BCUT2D eigenvalue weighted by Crippen LogP contribution is -2.25. The van der Waals surface area contributed by atoms with Gasteiger partial charge in [-0.05, 0) is 64.1 Å². The normalized spacial score (nSPS) is 11.8. The number of halogens is 1. The molecule has 0 aliphatic rings. The summed E-state index contributed by atoms with van der Waals surface area (Å²) in [6, 6.07) is 13.7. The number of aromatic nitrogens is 3. The van der Waals surface area contributed by atoms with Gasteiger partial charge in [0.15, 0.2) is 0 Å². The van der Waals surface area contributed by atoms with E-state index >= 15 is 0 Å². The van der Waals surface area contributed by atoms with Gasteiger partial charge in [0.25, 0.3) is 5.91 Å². The summed E-state index contributed by atoms with van der Waals surface area (Å²) in [5.41, 5.74) is 5.19. The molecule has 0 fully saturated rings. The molecule has 0 saturated heterocycles. The third kappa shape index (κ3) is 5.18. The van der Waals surface area contributed by atoms with Crippen LogP contribution in [0.15, 0.2) is 53.9 Å². The molecule has 0 bridgehead atoms. The number of rotatable bonds is 6. The number of anilines is 2. The minimum Gasteiger partial charge on any atom is -0.323 e. The van der Waals surface area contributed by atoms with Gasteiger partial charge < -0.3 is 10.6 Å². The molecule has 174 valence electrons. The summed E-state index contributed by atoms with van der Waals surface area (Å²) in [4.78, 5) is 29.8. The Morgan fingerprint density at radius 3 is 2.32 bits per heavy atom. The molecule has 2 amide bonds. The summed E-state index contributed by atoms with van der Waals surface area (Å²) in [6.07, 6.45) is 0. The maximum absolute atomic E-state index is 12.7. The van der Waals surface area contributed by atoms with Gasteiger partial charge in [-0.25, -0.2) is 4.98 Å². The van der Waals surface area contributed by atoms with Crippen molar-refractivity contribution in [1.29, 1.82) is 0 Å². The number of amides is 2. The first-order valence-corrected chi connectivity index (χ1v) is 11.9. The first kappa shape index (κ1) is 23.7. The highest BCUT2D eigenvalue weighted by Crippen LogP contribution is 2.28. The van der Waals surface area contributed by atoms with Crippen LogP contribution < -0.4 is 10.6 Å². The highest BCUT2D eigenvalue weighted by molar-refractivity contribution is 7.13. The fourth-order valence-corrected chi connectivity index (χ4v) is 4.57. The van der Waals surface area contributed by atoms with E-state index < -0.39 is 6.04 Å². The van der Waals surface area contributed by atoms with Crippen molar-refractivity contribution in [3.63, 3.8) is 0 Å². The number of nitrogens with one attached hydrogen (secondary N) is 2. The Labute approximate surface area is 206 Å². The van der Waals surface area contributed by atoms with E-state index in [9.17, 15) is 9.59 Å². The molecule has 2 N–H and O–H groups in total. The number of carbonyl (C=O) groups is 2. The van der Waals surface area contributed by atoms with Gasteiger partial charge in [-0.2, -0.15) is 5.10 Å². The van der Waals surface area contributed by atoms with Crippen molar-refractivity contribution in [3.05, 3.63) is 81.6 Å². The maximum atomic E-state index is 12.7. The Morgan fingerprint density at radius 1 is 1.00 bits per heavy atom. The van der Waals surface area contributed by atoms with Crippen LogP contribution in [0.2, 0.25) is 5.02 Å². The molecule has 4 rings (SSSR count). The molecular weight excluding hydrogens is 470 g/mol. The maximum Gasteiger partial charge on any atom is 0.255 e. The number of thiazole rings is 1. The van der Waals surface area contributed by atoms with E-state index in [1.165, 1.54) is 0 Å². The van der Waals surface area contributed by atoms with Crippen LogP contribution in [0.25, 0.3) is 10.6 Å². The molecule has 9 heteroatoms. The second kappa shape index (κ2) is 9.79. The second-order valence-electron chi connectivity index (χ2n) is 8.06. The number of carbonyl (C=O) groups excluding carboxylic acids is 2. The Morgan fingerprint density at radius 2 is 1.74 bits per heavy atom. The quantitative estimate of drug-likeness (QED) is 0.343. The molecule has 2 heterocycles. The van der Waals surface area contributed by atoms with Crippen LogP contribution in [0.5, 0.6) is 0 Å². The zero-order valence-corrected chi connectivity index (χ0v) is 20.8. The van der Waals surface area contributed by atoms with Crippen molar-refractivity contribution in [1.82, 2.24) is 14.8 Å². The molecule has 1 unspecified atom stereocenters. The predicted molar refractivity (Wildman–Crippen MR) is 137 cm³/mol. The molecule has 2 aromatic heterocycles. The van der Waals surface area contributed by atoms with Crippen molar-refractivity contribution in [2.24, 2.45) is 0 Å².